The van der Waals surface area contributed by atoms with Crippen LogP contribution in [0.4, 0.5) is 0 Å². The van der Waals surface area contributed by atoms with Gasteiger partial charge in [0, 0.05) is 0 Å². The van der Waals surface area contributed by atoms with Crippen molar-refractivity contribution in [2.24, 2.45) is 11.8 Å². The summed E-state index contributed by atoms with van der Waals surface area (Å²) < 4.78 is 0. The van der Waals surface area contributed by atoms with Gasteiger partial charge >= 0.3 is 0 Å². The molecule has 0 amide bonds. The zero-order chi connectivity index (χ0) is 12.2. The highest BCUT2D eigenvalue weighted by Gasteiger charge is 1.90. The second kappa shape index (κ2) is 10.5. The highest BCUT2D eigenvalue weighted by Crippen LogP contribution is 2.06. The van der Waals surface area contributed by atoms with Crippen LogP contribution in [0.1, 0.15) is 40.5 Å². The quantitative estimate of drug-likeness (QED) is 0.484. The molecule has 2 rings (SSSR count). The smallest absolute Gasteiger partial charge is 0.00756 e. The average molecular weight is 218 g/mol. The molecule has 0 radical (unpaired) electrons. The Bertz CT molecular complexity index is 229. The number of rotatable bonds is 0. The van der Waals surface area contributed by atoms with Crippen molar-refractivity contribution < 1.29 is 0 Å². The van der Waals surface area contributed by atoms with Crippen molar-refractivity contribution in [1.29, 1.82) is 0 Å². The summed E-state index contributed by atoms with van der Waals surface area (Å²) in [6.07, 6.45) is 19.7. The summed E-state index contributed by atoms with van der Waals surface area (Å²) in [7, 11) is 0. The van der Waals surface area contributed by atoms with E-state index in [1.54, 1.807) is 0 Å². The van der Waals surface area contributed by atoms with Crippen molar-refractivity contribution in [1.82, 2.24) is 0 Å². The molecule has 0 atom stereocenters. The van der Waals surface area contributed by atoms with Gasteiger partial charge in [0.25, 0.3) is 0 Å². The minimum atomic E-state index is 0.675. The van der Waals surface area contributed by atoms with Crippen LogP contribution < -0.4 is 0 Å². The summed E-state index contributed by atoms with van der Waals surface area (Å²) in [5.41, 5.74) is 0. The van der Waals surface area contributed by atoms with Crippen molar-refractivity contribution in [3.63, 3.8) is 0 Å². The predicted molar refractivity (Wildman–Crippen MR) is 75.5 cm³/mol. The molecule has 0 heterocycles. The zero-order valence-electron chi connectivity index (χ0n) is 11.2. The molecule has 0 N–H and O–H groups in total. The molecule has 0 bridgehead atoms. The van der Waals surface area contributed by atoms with Crippen molar-refractivity contribution in [2.75, 3.05) is 0 Å². The lowest BCUT2D eigenvalue weighted by molar-refractivity contribution is 0.911. The van der Waals surface area contributed by atoms with Crippen LogP contribution in [0.25, 0.3) is 0 Å². The highest BCUT2D eigenvalue weighted by molar-refractivity contribution is 5.15. The predicted octanol–water partition coefficient (Wildman–Crippen LogP) is 5.30. The van der Waals surface area contributed by atoms with Gasteiger partial charge in [-0.2, -0.15) is 0 Å². The molecule has 0 heteroatoms. The van der Waals surface area contributed by atoms with E-state index in [0.29, 0.717) is 11.8 Å². The van der Waals surface area contributed by atoms with E-state index < -0.39 is 0 Å². The van der Waals surface area contributed by atoms with E-state index in [1.165, 1.54) is 6.42 Å². The average Bonchev–Trinajstić information content (AvgIpc) is 2.72. The Morgan fingerprint density at radius 3 is 1.38 bits per heavy atom. The van der Waals surface area contributed by atoms with E-state index in [-0.39, 0.29) is 0 Å². The van der Waals surface area contributed by atoms with E-state index in [0.717, 1.165) is 6.42 Å². The fraction of sp³-hybridized carbons (Fsp3) is 0.500. The molecule has 0 fully saturated rings. The molecular formula is C16H26. The van der Waals surface area contributed by atoms with Gasteiger partial charge in [-0.1, -0.05) is 82.7 Å². The monoisotopic (exact) mass is 218 g/mol. The van der Waals surface area contributed by atoms with E-state index in [1.807, 2.05) is 0 Å². The molecule has 0 aliphatic heterocycles. The van der Waals surface area contributed by atoms with Crippen molar-refractivity contribution in [3.05, 3.63) is 48.6 Å². The molecule has 0 saturated carbocycles. The Kier molecular flexibility index (Phi) is 9.80. The summed E-state index contributed by atoms with van der Waals surface area (Å²) in [5.74, 6) is 1.36. The maximum atomic E-state index is 2.22. The highest BCUT2D eigenvalue weighted by atomic mass is 14.0. The van der Waals surface area contributed by atoms with Crippen LogP contribution in [0.5, 0.6) is 0 Å². The molecule has 0 aromatic rings. The summed E-state index contributed by atoms with van der Waals surface area (Å²) >= 11 is 0. The van der Waals surface area contributed by atoms with Gasteiger partial charge in [0.1, 0.15) is 0 Å². The summed E-state index contributed by atoms with van der Waals surface area (Å²) in [6.45, 7) is 8.60. The van der Waals surface area contributed by atoms with Gasteiger partial charge < -0.3 is 0 Å². The summed E-state index contributed by atoms with van der Waals surface area (Å²) in [6, 6.07) is 0. The number of hydrogen-bond donors (Lipinski definition) is 0. The largest absolute Gasteiger partial charge is 0.0842 e. The van der Waals surface area contributed by atoms with E-state index in [2.05, 4.69) is 76.3 Å². The first-order chi connectivity index (χ1) is 7.70. The third-order valence-corrected chi connectivity index (χ3v) is 2.09. The second-order valence-electron chi connectivity index (χ2n) is 4.29. The Labute approximate surface area is 101 Å². The van der Waals surface area contributed by atoms with Crippen LogP contribution >= 0.6 is 0 Å². The van der Waals surface area contributed by atoms with Crippen LogP contribution in [0.2, 0.25) is 0 Å². The topological polar surface area (TPSA) is 0 Å². The third kappa shape index (κ3) is 9.51. The first-order valence-electron chi connectivity index (χ1n) is 6.39. The molecule has 0 nitrogen and oxygen atoms in total. The standard InChI is InChI=1S/C7H10.C6H8.C3H8/c1-7-5-3-2-4-6-7;1-6-4-2-3-5-6;1-3-2/h3-7H,2H2,1H3;2-6H,1H3;3H2,1-2H3. The van der Waals surface area contributed by atoms with Gasteiger partial charge in [-0.3, -0.25) is 0 Å². The van der Waals surface area contributed by atoms with Gasteiger partial charge in [0.15, 0.2) is 0 Å². The fourth-order valence-corrected chi connectivity index (χ4v) is 1.27. The van der Waals surface area contributed by atoms with Gasteiger partial charge in [-0.15, -0.1) is 0 Å². The van der Waals surface area contributed by atoms with E-state index in [4.69, 9.17) is 0 Å². The van der Waals surface area contributed by atoms with Crippen LogP contribution in [0.3, 0.4) is 0 Å². The molecular weight excluding hydrogens is 192 g/mol. The minimum absolute atomic E-state index is 0.675. The Balaban J connectivity index is 0.000000230. The first-order valence-corrected chi connectivity index (χ1v) is 6.39. The SMILES string of the molecule is CC1C=CC=C1.CC1C=CCC=C1.CCC. The lowest BCUT2D eigenvalue weighted by Crippen LogP contribution is -1.84. The molecule has 2 aliphatic rings. The molecule has 0 unspecified atom stereocenters. The van der Waals surface area contributed by atoms with Gasteiger partial charge in [0.05, 0.1) is 0 Å². The van der Waals surface area contributed by atoms with E-state index >= 15 is 0 Å². The van der Waals surface area contributed by atoms with Gasteiger partial charge in [-0.25, -0.2) is 0 Å². The Morgan fingerprint density at radius 2 is 1.19 bits per heavy atom. The maximum Gasteiger partial charge on any atom is -0.00756 e. The molecule has 0 aromatic heterocycles. The lowest BCUT2D eigenvalue weighted by atomic mass is 10.1. The normalized spacial score (nSPS) is 17.8. The molecule has 0 aromatic carbocycles. The van der Waals surface area contributed by atoms with Crippen LogP contribution in [0.15, 0.2) is 48.6 Å². The lowest BCUT2D eigenvalue weighted by Gasteiger charge is -1.99. The van der Waals surface area contributed by atoms with Gasteiger partial charge in [-0.05, 0) is 18.3 Å². The van der Waals surface area contributed by atoms with Crippen molar-refractivity contribution >= 4 is 0 Å². The van der Waals surface area contributed by atoms with Crippen molar-refractivity contribution in [2.45, 2.75) is 40.5 Å². The minimum Gasteiger partial charge on any atom is -0.0842 e. The van der Waals surface area contributed by atoms with Crippen LogP contribution in [0, 0.1) is 11.8 Å². The molecule has 2 aliphatic carbocycles. The zero-order valence-corrected chi connectivity index (χ0v) is 11.2. The van der Waals surface area contributed by atoms with Gasteiger partial charge in [0.2, 0.25) is 0 Å². The fourth-order valence-electron chi connectivity index (χ4n) is 1.27. The molecule has 0 spiro atoms. The van der Waals surface area contributed by atoms with E-state index in [9.17, 15) is 0 Å². The third-order valence-electron chi connectivity index (χ3n) is 2.09. The molecule has 16 heavy (non-hydrogen) atoms. The second-order valence-corrected chi connectivity index (χ2v) is 4.29. The Morgan fingerprint density at radius 1 is 0.812 bits per heavy atom. The number of allylic oxidation sites excluding steroid dienone is 8. The molecule has 0 saturated heterocycles. The van der Waals surface area contributed by atoms with Crippen LogP contribution in [-0.4, -0.2) is 0 Å². The van der Waals surface area contributed by atoms with Crippen molar-refractivity contribution in [3.8, 4) is 0 Å². The maximum absolute atomic E-state index is 2.22. The summed E-state index contributed by atoms with van der Waals surface area (Å²) in [5, 5.41) is 0. The van der Waals surface area contributed by atoms with Crippen LogP contribution in [-0.2, 0) is 0 Å². The Hall–Kier alpha value is -1.04. The first kappa shape index (κ1) is 15.0. The number of hydrogen-bond acceptors (Lipinski definition) is 0. The summed E-state index contributed by atoms with van der Waals surface area (Å²) in [4.78, 5) is 0. The molecule has 90 valence electrons.